The van der Waals surface area contributed by atoms with Crippen LogP contribution in [-0.4, -0.2) is 18.1 Å². The second-order valence-corrected chi connectivity index (χ2v) is 3.31. The lowest BCUT2D eigenvalue weighted by Gasteiger charge is -2.13. The highest BCUT2D eigenvalue weighted by Gasteiger charge is 2.37. The number of hydrogen-bond acceptors (Lipinski definition) is 3. The molecule has 1 aromatic rings. The monoisotopic (exact) mass is 253 g/mol. The molecule has 88 valence electrons. The molecule has 0 saturated carbocycles. The quantitative estimate of drug-likeness (QED) is 0.723. The van der Waals surface area contributed by atoms with Crippen LogP contribution in [0, 0.1) is 6.92 Å². The Morgan fingerprint density at radius 1 is 1.50 bits per heavy atom. The molecule has 0 radical (unpaired) electrons. The lowest BCUT2D eigenvalue weighted by Crippen LogP contribution is -2.16. The van der Waals surface area contributed by atoms with Crippen molar-refractivity contribution in [3.8, 4) is 0 Å². The van der Waals surface area contributed by atoms with Crippen molar-refractivity contribution in [1.29, 1.82) is 0 Å². The number of esters is 1. The highest BCUT2D eigenvalue weighted by molar-refractivity contribution is 6.34. The van der Waals surface area contributed by atoms with Gasteiger partial charge < -0.3 is 4.74 Å². The number of hydrogen-bond donors (Lipinski definition) is 0. The molecule has 7 heteroatoms. The molecule has 0 aliphatic rings. The van der Waals surface area contributed by atoms with Gasteiger partial charge in [0.2, 0.25) is 0 Å². The van der Waals surface area contributed by atoms with Crippen molar-refractivity contribution in [3.05, 3.63) is 28.0 Å². The maximum absolute atomic E-state index is 12.6. The summed E-state index contributed by atoms with van der Waals surface area (Å²) < 4.78 is 41.9. The molecule has 0 N–H and O–H groups in total. The number of carbonyl (C=O) groups is 1. The van der Waals surface area contributed by atoms with E-state index in [1.54, 1.807) is 0 Å². The number of pyridine rings is 1. The van der Waals surface area contributed by atoms with Crippen LogP contribution in [0.25, 0.3) is 0 Å². The van der Waals surface area contributed by atoms with Gasteiger partial charge in [-0.2, -0.15) is 13.2 Å². The highest BCUT2D eigenvalue weighted by atomic mass is 35.5. The number of nitrogens with zero attached hydrogens (tertiary/aromatic N) is 1. The summed E-state index contributed by atoms with van der Waals surface area (Å²) in [4.78, 5) is 14.7. The topological polar surface area (TPSA) is 39.2 Å². The number of ether oxygens (including phenoxy) is 1. The van der Waals surface area contributed by atoms with Gasteiger partial charge in [-0.1, -0.05) is 11.6 Å². The maximum Gasteiger partial charge on any atom is 0.418 e. The Labute approximate surface area is 94.2 Å². The molecule has 0 unspecified atom stereocenters. The van der Waals surface area contributed by atoms with Gasteiger partial charge >= 0.3 is 12.1 Å². The Bertz CT molecular complexity index is 431. The summed E-state index contributed by atoms with van der Waals surface area (Å²) in [7, 11) is 0.981. The number of aryl methyl sites for hydroxylation is 1. The predicted octanol–water partition coefficient (Wildman–Crippen LogP) is 2.85. The minimum atomic E-state index is -4.70. The van der Waals surface area contributed by atoms with Gasteiger partial charge in [0.1, 0.15) is 0 Å². The summed E-state index contributed by atoms with van der Waals surface area (Å²) >= 11 is 5.61. The van der Waals surface area contributed by atoms with E-state index in [2.05, 4.69) is 9.72 Å². The van der Waals surface area contributed by atoms with Gasteiger partial charge in [0.05, 0.1) is 29.0 Å². The number of alkyl halides is 3. The molecule has 1 heterocycles. The summed E-state index contributed by atoms with van der Waals surface area (Å²) in [6.45, 7) is 1.40. The fraction of sp³-hybridized carbons (Fsp3) is 0.333. The van der Waals surface area contributed by atoms with E-state index < -0.39 is 23.3 Å². The Kier molecular flexibility index (Phi) is 3.42. The number of carbonyl (C=O) groups excluding carboxylic acids is 1. The first-order valence-electron chi connectivity index (χ1n) is 4.09. The third-order valence-corrected chi connectivity index (χ3v) is 2.35. The van der Waals surface area contributed by atoms with Crippen LogP contribution in [0.5, 0.6) is 0 Å². The Morgan fingerprint density at radius 2 is 2.06 bits per heavy atom. The summed E-state index contributed by atoms with van der Waals surface area (Å²) in [6.07, 6.45) is -4.14. The van der Waals surface area contributed by atoms with E-state index in [0.29, 0.717) is 6.20 Å². The Hall–Kier alpha value is -1.30. The van der Waals surface area contributed by atoms with Crippen LogP contribution >= 0.6 is 11.6 Å². The molecule has 0 spiro atoms. The van der Waals surface area contributed by atoms with Crippen molar-refractivity contribution in [2.75, 3.05) is 7.11 Å². The Balaban J connectivity index is 3.51. The lowest BCUT2D eigenvalue weighted by atomic mass is 10.1. The van der Waals surface area contributed by atoms with Gasteiger partial charge in [-0.25, -0.2) is 4.79 Å². The van der Waals surface area contributed by atoms with Crippen LogP contribution in [0.15, 0.2) is 6.20 Å². The van der Waals surface area contributed by atoms with E-state index in [9.17, 15) is 18.0 Å². The maximum atomic E-state index is 12.6. The van der Waals surface area contributed by atoms with E-state index in [-0.39, 0.29) is 10.7 Å². The molecular weight excluding hydrogens is 247 g/mol. The van der Waals surface area contributed by atoms with E-state index in [1.165, 1.54) is 6.92 Å². The van der Waals surface area contributed by atoms with E-state index in [0.717, 1.165) is 7.11 Å². The fourth-order valence-electron chi connectivity index (χ4n) is 1.10. The van der Waals surface area contributed by atoms with Crippen LogP contribution in [0.3, 0.4) is 0 Å². The zero-order valence-corrected chi connectivity index (χ0v) is 9.11. The van der Waals surface area contributed by atoms with Crippen LogP contribution in [0.1, 0.15) is 21.6 Å². The van der Waals surface area contributed by atoms with Gasteiger partial charge in [-0.05, 0) is 6.92 Å². The van der Waals surface area contributed by atoms with Crippen molar-refractivity contribution >= 4 is 17.6 Å². The number of aromatic nitrogens is 1. The van der Waals surface area contributed by atoms with Crippen LogP contribution < -0.4 is 0 Å². The number of methoxy groups -OCH3 is 1. The van der Waals surface area contributed by atoms with Gasteiger partial charge in [0.15, 0.2) is 0 Å². The molecule has 0 aliphatic heterocycles. The zero-order valence-electron chi connectivity index (χ0n) is 8.35. The molecule has 1 aromatic heterocycles. The summed E-state index contributed by atoms with van der Waals surface area (Å²) in [5.74, 6) is -1.14. The van der Waals surface area contributed by atoms with Gasteiger partial charge in [-0.3, -0.25) is 4.98 Å². The molecular formula is C9H7ClF3NO2. The van der Waals surface area contributed by atoms with Crippen molar-refractivity contribution in [2.24, 2.45) is 0 Å². The molecule has 0 bridgehead atoms. The number of halogens is 4. The average Bonchev–Trinajstić information content (AvgIpc) is 2.19. The second-order valence-electron chi connectivity index (χ2n) is 2.94. The third-order valence-electron chi connectivity index (χ3n) is 1.89. The minimum Gasteiger partial charge on any atom is -0.465 e. The molecule has 0 aliphatic carbocycles. The van der Waals surface area contributed by atoms with Crippen molar-refractivity contribution in [1.82, 2.24) is 4.98 Å². The summed E-state index contributed by atoms with van der Waals surface area (Å²) in [6, 6.07) is 0. The van der Waals surface area contributed by atoms with Crippen LogP contribution in [0.4, 0.5) is 13.2 Å². The largest absolute Gasteiger partial charge is 0.465 e. The minimum absolute atomic E-state index is 0.134. The van der Waals surface area contributed by atoms with Crippen LogP contribution in [0.2, 0.25) is 5.02 Å². The first-order valence-corrected chi connectivity index (χ1v) is 4.47. The van der Waals surface area contributed by atoms with Crippen molar-refractivity contribution < 1.29 is 22.7 Å². The first-order chi connectivity index (χ1) is 7.29. The highest BCUT2D eigenvalue weighted by Crippen LogP contribution is 2.35. The van der Waals surface area contributed by atoms with Crippen molar-refractivity contribution in [2.45, 2.75) is 13.1 Å². The standard InChI is InChI=1S/C9H7ClF3NO2/c1-4-7(10)6(8(15)16-2)5(3-14-4)9(11,12)13/h3H,1-2H3. The van der Waals surface area contributed by atoms with Gasteiger partial charge in [0.25, 0.3) is 0 Å². The smallest absolute Gasteiger partial charge is 0.418 e. The number of rotatable bonds is 1. The van der Waals surface area contributed by atoms with Gasteiger partial charge in [-0.15, -0.1) is 0 Å². The second kappa shape index (κ2) is 4.29. The Morgan fingerprint density at radius 3 is 2.50 bits per heavy atom. The molecule has 0 fully saturated rings. The molecule has 1 rings (SSSR count). The zero-order chi connectivity index (χ0) is 12.5. The molecule has 3 nitrogen and oxygen atoms in total. The molecule has 16 heavy (non-hydrogen) atoms. The lowest BCUT2D eigenvalue weighted by molar-refractivity contribution is -0.138. The van der Waals surface area contributed by atoms with Gasteiger partial charge in [0, 0.05) is 6.20 Å². The molecule has 0 atom stereocenters. The third kappa shape index (κ3) is 2.27. The molecule has 0 amide bonds. The molecule has 0 aromatic carbocycles. The van der Waals surface area contributed by atoms with E-state index in [4.69, 9.17) is 11.6 Å². The van der Waals surface area contributed by atoms with E-state index in [1.807, 2.05) is 0 Å². The summed E-state index contributed by atoms with van der Waals surface area (Å²) in [5, 5.41) is -0.346. The predicted molar refractivity (Wildman–Crippen MR) is 50.3 cm³/mol. The van der Waals surface area contributed by atoms with Crippen molar-refractivity contribution in [3.63, 3.8) is 0 Å². The van der Waals surface area contributed by atoms with E-state index >= 15 is 0 Å². The first kappa shape index (κ1) is 12.8. The molecule has 0 saturated heterocycles. The normalized spacial score (nSPS) is 11.4. The van der Waals surface area contributed by atoms with Crippen LogP contribution in [-0.2, 0) is 10.9 Å². The average molecular weight is 254 g/mol. The fourth-order valence-corrected chi connectivity index (χ4v) is 1.33. The summed E-state index contributed by atoms with van der Waals surface area (Å²) in [5.41, 5.74) is -1.77. The SMILES string of the molecule is COC(=O)c1c(C(F)(F)F)cnc(C)c1Cl.